The van der Waals surface area contributed by atoms with Crippen LogP contribution in [0.5, 0.6) is 0 Å². The second-order valence-corrected chi connectivity index (χ2v) is 7.31. The summed E-state index contributed by atoms with van der Waals surface area (Å²) in [7, 11) is 0. The first-order valence-electron chi connectivity index (χ1n) is 8.60. The summed E-state index contributed by atoms with van der Waals surface area (Å²) >= 11 is 0. The average molecular weight is 280 g/mol. The smallest absolute Gasteiger partial charge is 0.230 e. The molecule has 0 radical (unpaired) electrons. The van der Waals surface area contributed by atoms with Gasteiger partial charge >= 0.3 is 0 Å². The normalized spacial score (nSPS) is 22.6. The number of hydrogen-bond acceptors (Lipinski definition) is 2. The Labute approximate surface area is 124 Å². The Balaban J connectivity index is 2.09. The zero-order chi connectivity index (χ0) is 14.6. The van der Waals surface area contributed by atoms with Crippen LogP contribution in [0.2, 0.25) is 0 Å². The van der Waals surface area contributed by atoms with E-state index in [-0.39, 0.29) is 5.41 Å². The Morgan fingerprint density at radius 1 is 1.20 bits per heavy atom. The van der Waals surface area contributed by atoms with Gasteiger partial charge in [-0.25, -0.2) is 0 Å². The summed E-state index contributed by atoms with van der Waals surface area (Å²) in [5, 5.41) is 0. The van der Waals surface area contributed by atoms with E-state index in [9.17, 15) is 4.79 Å². The number of carbonyl (C=O) groups excluding carboxylic acids is 1. The minimum Gasteiger partial charge on any atom is -0.339 e. The van der Waals surface area contributed by atoms with Gasteiger partial charge in [0.15, 0.2) is 0 Å². The van der Waals surface area contributed by atoms with Crippen LogP contribution in [0, 0.1) is 11.3 Å². The predicted molar refractivity (Wildman–Crippen MR) is 83.4 cm³/mol. The first-order valence-corrected chi connectivity index (χ1v) is 8.60. The van der Waals surface area contributed by atoms with Crippen molar-refractivity contribution in [1.82, 2.24) is 4.90 Å². The van der Waals surface area contributed by atoms with Crippen LogP contribution in [0.4, 0.5) is 0 Å². The molecule has 0 saturated heterocycles. The molecule has 0 spiro atoms. The molecule has 2 aliphatic carbocycles. The van der Waals surface area contributed by atoms with Crippen LogP contribution in [-0.4, -0.2) is 29.9 Å². The van der Waals surface area contributed by atoms with E-state index in [2.05, 4.69) is 18.7 Å². The summed E-state index contributed by atoms with van der Waals surface area (Å²) in [5.41, 5.74) is 5.79. The van der Waals surface area contributed by atoms with Gasteiger partial charge in [0, 0.05) is 19.1 Å². The maximum absolute atomic E-state index is 13.1. The third-order valence-electron chi connectivity index (χ3n) is 5.38. The second kappa shape index (κ2) is 6.93. The van der Waals surface area contributed by atoms with Crippen LogP contribution in [-0.2, 0) is 4.79 Å². The summed E-state index contributed by atoms with van der Waals surface area (Å²) in [6, 6.07) is 0.491. The lowest BCUT2D eigenvalue weighted by Crippen LogP contribution is -2.50. The maximum Gasteiger partial charge on any atom is 0.230 e. The molecule has 2 aliphatic rings. The molecule has 2 N–H and O–H groups in total. The fourth-order valence-corrected chi connectivity index (χ4v) is 3.92. The lowest BCUT2D eigenvalue weighted by molar-refractivity contribution is -0.144. The number of rotatable bonds is 6. The monoisotopic (exact) mass is 280 g/mol. The molecular weight excluding hydrogens is 248 g/mol. The lowest BCUT2D eigenvalue weighted by Gasteiger charge is -2.37. The highest BCUT2D eigenvalue weighted by atomic mass is 16.2. The summed E-state index contributed by atoms with van der Waals surface area (Å²) < 4.78 is 0. The van der Waals surface area contributed by atoms with Gasteiger partial charge in [0.05, 0.1) is 5.41 Å². The van der Waals surface area contributed by atoms with Crippen molar-refractivity contribution in [2.45, 2.75) is 77.7 Å². The Morgan fingerprint density at radius 3 is 2.30 bits per heavy atom. The third-order valence-corrected chi connectivity index (χ3v) is 5.38. The van der Waals surface area contributed by atoms with Gasteiger partial charge in [-0.2, -0.15) is 0 Å². The first kappa shape index (κ1) is 15.8. The molecule has 20 heavy (non-hydrogen) atoms. The predicted octanol–water partition coefficient (Wildman–Crippen LogP) is 3.32. The highest BCUT2D eigenvalue weighted by Gasteiger charge is 2.44. The zero-order valence-electron chi connectivity index (χ0n) is 13.4. The number of carbonyl (C=O) groups is 1. The van der Waals surface area contributed by atoms with Gasteiger partial charge in [0.25, 0.3) is 0 Å². The molecule has 0 aromatic carbocycles. The third kappa shape index (κ3) is 3.36. The van der Waals surface area contributed by atoms with Crippen molar-refractivity contribution >= 4 is 5.91 Å². The van der Waals surface area contributed by atoms with Crippen molar-refractivity contribution in [3.05, 3.63) is 0 Å². The molecule has 0 aliphatic heterocycles. The summed E-state index contributed by atoms with van der Waals surface area (Å²) in [4.78, 5) is 15.4. The van der Waals surface area contributed by atoms with Gasteiger partial charge in [0.1, 0.15) is 0 Å². The summed E-state index contributed by atoms with van der Waals surface area (Å²) in [6.45, 7) is 5.96. The van der Waals surface area contributed by atoms with Gasteiger partial charge in [0.2, 0.25) is 5.91 Å². The Kier molecular flexibility index (Phi) is 5.48. The van der Waals surface area contributed by atoms with E-state index in [1.54, 1.807) is 0 Å². The molecule has 0 bridgehead atoms. The van der Waals surface area contributed by atoms with Crippen molar-refractivity contribution in [1.29, 1.82) is 0 Å². The summed E-state index contributed by atoms with van der Waals surface area (Å²) in [5.74, 6) is 1.04. The number of amides is 1. The Bertz CT molecular complexity index is 315. The van der Waals surface area contributed by atoms with E-state index in [0.29, 0.717) is 24.4 Å². The molecular formula is C17H32N2O. The van der Waals surface area contributed by atoms with Crippen molar-refractivity contribution in [2.75, 3.05) is 13.1 Å². The van der Waals surface area contributed by atoms with Crippen LogP contribution in [0.3, 0.4) is 0 Å². The number of nitrogens with zero attached hydrogens (tertiary/aromatic N) is 1. The fourth-order valence-electron chi connectivity index (χ4n) is 3.92. The molecule has 2 fully saturated rings. The minimum absolute atomic E-state index is 0.223. The van der Waals surface area contributed by atoms with Crippen molar-refractivity contribution in [3.63, 3.8) is 0 Å². The minimum atomic E-state index is -0.223. The molecule has 1 amide bonds. The van der Waals surface area contributed by atoms with Gasteiger partial charge in [-0.1, -0.05) is 39.5 Å². The van der Waals surface area contributed by atoms with E-state index < -0.39 is 0 Å². The first-order chi connectivity index (χ1) is 9.59. The molecule has 3 heteroatoms. The van der Waals surface area contributed by atoms with Crippen LogP contribution in [0.1, 0.15) is 71.6 Å². The largest absolute Gasteiger partial charge is 0.339 e. The molecule has 2 saturated carbocycles. The van der Waals surface area contributed by atoms with Crippen LogP contribution >= 0.6 is 0 Å². The standard InChI is InChI=1S/C17H32N2O/c1-14(2)9-12-19(15-7-3-4-8-15)16(20)17(13-18)10-5-6-11-17/h14-15H,3-13,18H2,1-2H3. The molecule has 3 nitrogen and oxygen atoms in total. The van der Waals surface area contributed by atoms with E-state index in [1.807, 2.05) is 0 Å². The van der Waals surface area contributed by atoms with E-state index in [0.717, 1.165) is 25.8 Å². The number of hydrogen-bond donors (Lipinski definition) is 1. The van der Waals surface area contributed by atoms with Gasteiger partial charge in [-0.3, -0.25) is 4.79 Å². The molecule has 0 aromatic rings. The van der Waals surface area contributed by atoms with E-state index in [1.165, 1.54) is 38.5 Å². The van der Waals surface area contributed by atoms with Crippen LogP contribution in [0.15, 0.2) is 0 Å². The Morgan fingerprint density at radius 2 is 1.80 bits per heavy atom. The van der Waals surface area contributed by atoms with E-state index in [4.69, 9.17) is 5.73 Å². The quantitative estimate of drug-likeness (QED) is 0.811. The van der Waals surface area contributed by atoms with Crippen molar-refractivity contribution in [2.24, 2.45) is 17.1 Å². The second-order valence-electron chi connectivity index (χ2n) is 7.31. The van der Waals surface area contributed by atoms with E-state index >= 15 is 0 Å². The van der Waals surface area contributed by atoms with Crippen molar-refractivity contribution < 1.29 is 4.79 Å². The highest BCUT2D eigenvalue weighted by molar-refractivity contribution is 5.83. The van der Waals surface area contributed by atoms with Crippen molar-refractivity contribution in [3.8, 4) is 0 Å². The zero-order valence-corrected chi connectivity index (χ0v) is 13.4. The fraction of sp³-hybridized carbons (Fsp3) is 0.941. The average Bonchev–Trinajstić information content (AvgIpc) is 3.10. The summed E-state index contributed by atoms with van der Waals surface area (Å²) in [6.07, 6.45) is 10.4. The number of nitrogens with two attached hydrogens (primary N) is 1. The highest BCUT2D eigenvalue weighted by Crippen LogP contribution is 2.40. The lowest BCUT2D eigenvalue weighted by atomic mass is 9.84. The van der Waals surface area contributed by atoms with Gasteiger partial charge < -0.3 is 10.6 Å². The van der Waals surface area contributed by atoms with Crippen LogP contribution < -0.4 is 5.73 Å². The molecule has 0 heterocycles. The maximum atomic E-state index is 13.1. The Hall–Kier alpha value is -0.570. The molecule has 2 rings (SSSR count). The SMILES string of the molecule is CC(C)CCN(C(=O)C1(CN)CCCC1)C1CCCC1. The van der Waals surface area contributed by atoms with Gasteiger partial charge in [-0.05, 0) is 38.0 Å². The molecule has 0 aromatic heterocycles. The molecule has 0 unspecified atom stereocenters. The molecule has 116 valence electrons. The van der Waals surface area contributed by atoms with Gasteiger partial charge in [-0.15, -0.1) is 0 Å². The van der Waals surface area contributed by atoms with Crippen LogP contribution in [0.25, 0.3) is 0 Å². The topological polar surface area (TPSA) is 46.3 Å². The molecule has 0 atom stereocenters.